The SMILES string of the molecule is Nc1nccnc1C(=O)OCC(=O)N1CCCCC1. The summed E-state index contributed by atoms with van der Waals surface area (Å²) in [5.41, 5.74) is 5.44. The molecule has 1 aromatic rings. The largest absolute Gasteiger partial charge is 0.451 e. The Morgan fingerprint density at radius 1 is 1.21 bits per heavy atom. The highest BCUT2D eigenvalue weighted by Crippen LogP contribution is 2.09. The molecule has 102 valence electrons. The number of carbonyl (C=O) groups excluding carboxylic acids is 2. The predicted octanol–water partition coefficient (Wildman–Crippen LogP) is 0.228. The topological polar surface area (TPSA) is 98.4 Å². The maximum atomic E-state index is 11.8. The van der Waals surface area contributed by atoms with Crippen molar-refractivity contribution in [2.75, 3.05) is 25.4 Å². The molecule has 7 heteroatoms. The number of anilines is 1. The number of aromatic nitrogens is 2. The van der Waals surface area contributed by atoms with Gasteiger partial charge in [-0.3, -0.25) is 4.79 Å². The molecule has 0 bridgehead atoms. The van der Waals surface area contributed by atoms with Crippen LogP contribution in [0.2, 0.25) is 0 Å². The first-order chi connectivity index (χ1) is 9.18. The lowest BCUT2D eigenvalue weighted by atomic mass is 10.1. The Morgan fingerprint density at radius 2 is 1.89 bits per heavy atom. The highest BCUT2D eigenvalue weighted by Gasteiger charge is 2.20. The molecule has 0 atom stereocenters. The number of rotatable bonds is 3. The van der Waals surface area contributed by atoms with E-state index in [1.165, 1.54) is 12.4 Å². The normalized spacial score (nSPS) is 15.1. The van der Waals surface area contributed by atoms with E-state index in [0.29, 0.717) is 0 Å². The number of carbonyl (C=O) groups is 2. The highest BCUT2D eigenvalue weighted by molar-refractivity contribution is 5.93. The van der Waals surface area contributed by atoms with E-state index in [1.54, 1.807) is 4.90 Å². The molecule has 2 rings (SSSR count). The van der Waals surface area contributed by atoms with Crippen molar-refractivity contribution in [3.63, 3.8) is 0 Å². The van der Waals surface area contributed by atoms with Gasteiger partial charge in [0.2, 0.25) is 0 Å². The third kappa shape index (κ3) is 3.40. The van der Waals surface area contributed by atoms with E-state index in [0.717, 1.165) is 32.4 Å². The maximum Gasteiger partial charge on any atom is 0.361 e. The first-order valence-electron chi connectivity index (χ1n) is 6.20. The van der Waals surface area contributed by atoms with Gasteiger partial charge in [-0.2, -0.15) is 0 Å². The summed E-state index contributed by atoms with van der Waals surface area (Å²) in [5, 5.41) is 0. The molecule has 1 saturated heterocycles. The van der Waals surface area contributed by atoms with Gasteiger partial charge in [-0.1, -0.05) is 0 Å². The number of ether oxygens (including phenoxy) is 1. The Balaban J connectivity index is 1.86. The summed E-state index contributed by atoms with van der Waals surface area (Å²) in [6.07, 6.45) is 5.86. The minimum Gasteiger partial charge on any atom is -0.451 e. The van der Waals surface area contributed by atoms with Crippen LogP contribution in [0.4, 0.5) is 5.82 Å². The molecule has 1 fully saturated rings. The summed E-state index contributed by atoms with van der Waals surface area (Å²) < 4.78 is 4.91. The Hall–Kier alpha value is -2.18. The Bertz CT molecular complexity index is 472. The second-order valence-corrected chi connectivity index (χ2v) is 4.31. The molecule has 1 aliphatic rings. The molecule has 0 saturated carbocycles. The molecular formula is C12H16N4O3. The van der Waals surface area contributed by atoms with E-state index in [-0.39, 0.29) is 24.0 Å². The van der Waals surface area contributed by atoms with Gasteiger partial charge in [0, 0.05) is 25.5 Å². The minimum absolute atomic E-state index is 0.00192. The van der Waals surface area contributed by atoms with Gasteiger partial charge < -0.3 is 15.4 Å². The second-order valence-electron chi connectivity index (χ2n) is 4.31. The average molecular weight is 264 g/mol. The number of nitrogens with two attached hydrogens (primary N) is 1. The molecule has 0 aliphatic carbocycles. The van der Waals surface area contributed by atoms with Crippen LogP contribution in [0.1, 0.15) is 29.8 Å². The average Bonchev–Trinajstić information content (AvgIpc) is 2.46. The van der Waals surface area contributed by atoms with Crippen LogP contribution in [-0.2, 0) is 9.53 Å². The van der Waals surface area contributed by atoms with E-state index < -0.39 is 5.97 Å². The number of esters is 1. The van der Waals surface area contributed by atoms with E-state index >= 15 is 0 Å². The van der Waals surface area contributed by atoms with Gasteiger partial charge in [-0.05, 0) is 19.3 Å². The van der Waals surface area contributed by atoms with Crippen LogP contribution in [0.15, 0.2) is 12.4 Å². The fourth-order valence-electron chi connectivity index (χ4n) is 1.94. The van der Waals surface area contributed by atoms with Gasteiger partial charge in [0.25, 0.3) is 5.91 Å². The summed E-state index contributed by atoms with van der Waals surface area (Å²) in [4.78, 5) is 32.7. The van der Waals surface area contributed by atoms with Crippen molar-refractivity contribution in [3.8, 4) is 0 Å². The first kappa shape index (κ1) is 13.3. The van der Waals surface area contributed by atoms with Gasteiger partial charge in [0.05, 0.1) is 0 Å². The number of nitrogen functional groups attached to an aromatic ring is 1. The molecule has 0 radical (unpaired) electrons. The molecule has 0 unspecified atom stereocenters. The number of nitrogens with zero attached hydrogens (tertiary/aromatic N) is 3. The van der Waals surface area contributed by atoms with Crippen LogP contribution in [0.3, 0.4) is 0 Å². The van der Waals surface area contributed by atoms with Gasteiger partial charge >= 0.3 is 5.97 Å². The highest BCUT2D eigenvalue weighted by atomic mass is 16.5. The van der Waals surface area contributed by atoms with Crippen molar-refractivity contribution < 1.29 is 14.3 Å². The van der Waals surface area contributed by atoms with Crippen LogP contribution >= 0.6 is 0 Å². The minimum atomic E-state index is -0.726. The van der Waals surface area contributed by atoms with E-state index in [1.807, 2.05) is 0 Å². The zero-order valence-corrected chi connectivity index (χ0v) is 10.5. The van der Waals surface area contributed by atoms with Crippen LogP contribution in [0, 0.1) is 0 Å². The molecule has 1 amide bonds. The zero-order valence-electron chi connectivity index (χ0n) is 10.5. The Labute approximate surface area is 110 Å². The molecule has 7 nitrogen and oxygen atoms in total. The third-order valence-corrected chi connectivity index (χ3v) is 2.96. The molecule has 1 aliphatic heterocycles. The fourth-order valence-corrected chi connectivity index (χ4v) is 1.94. The standard InChI is InChI=1S/C12H16N4O3/c13-11-10(14-4-5-15-11)12(18)19-8-9(17)16-6-2-1-3-7-16/h4-5H,1-3,6-8H2,(H2,13,15). The predicted molar refractivity (Wildman–Crippen MR) is 67.2 cm³/mol. The monoisotopic (exact) mass is 264 g/mol. The van der Waals surface area contributed by atoms with Gasteiger partial charge in [0.1, 0.15) is 0 Å². The number of piperidine rings is 1. The quantitative estimate of drug-likeness (QED) is 0.784. The summed E-state index contributed by atoms with van der Waals surface area (Å²) in [6, 6.07) is 0. The van der Waals surface area contributed by atoms with Crippen LogP contribution < -0.4 is 5.73 Å². The maximum absolute atomic E-state index is 11.8. The summed E-state index contributed by atoms with van der Waals surface area (Å²) in [7, 11) is 0. The molecule has 2 heterocycles. The van der Waals surface area contributed by atoms with Crippen LogP contribution in [0.25, 0.3) is 0 Å². The lowest BCUT2D eigenvalue weighted by Crippen LogP contribution is -2.38. The van der Waals surface area contributed by atoms with E-state index in [2.05, 4.69) is 9.97 Å². The number of likely N-dealkylation sites (tertiary alicyclic amines) is 1. The van der Waals surface area contributed by atoms with Crippen molar-refractivity contribution in [3.05, 3.63) is 18.1 Å². The molecule has 19 heavy (non-hydrogen) atoms. The van der Waals surface area contributed by atoms with Crippen molar-refractivity contribution in [2.45, 2.75) is 19.3 Å². The van der Waals surface area contributed by atoms with E-state index in [9.17, 15) is 9.59 Å². The molecule has 0 aromatic carbocycles. The van der Waals surface area contributed by atoms with Crippen molar-refractivity contribution in [1.82, 2.24) is 14.9 Å². The molecule has 0 spiro atoms. The summed E-state index contributed by atoms with van der Waals surface area (Å²) in [6.45, 7) is 1.17. The summed E-state index contributed by atoms with van der Waals surface area (Å²) in [5.74, 6) is -0.913. The van der Waals surface area contributed by atoms with Gasteiger partial charge in [0.15, 0.2) is 18.1 Å². The number of amides is 1. The molecule has 2 N–H and O–H groups in total. The lowest BCUT2D eigenvalue weighted by Gasteiger charge is -2.26. The molecule has 1 aromatic heterocycles. The van der Waals surface area contributed by atoms with Crippen LogP contribution in [0.5, 0.6) is 0 Å². The number of hydrogen-bond acceptors (Lipinski definition) is 6. The second kappa shape index (κ2) is 6.12. The smallest absolute Gasteiger partial charge is 0.361 e. The Kier molecular flexibility index (Phi) is 4.27. The van der Waals surface area contributed by atoms with Gasteiger partial charge in [-0.25, -0.2) is 14.8 Å². The third-order valence-electron chi connectivity index (χ3n) is 2.96. The van der Waals surface area contributed by atoms with Crippen molar-refractivity contribution in [1.29, 1.82) is 0 Å². The zero-order chi connectivity index (χ0) is 13.7. The first-order valence-corrected chi connectivity index (χ1v) is 6.20. The summed E-state index contributed by atoms with van der Waals surface area (Å²) >= 11 is 0. The van der Waals surface area contributed by atoms with Crippen LogP contribution in [-0.4, -0.2) is 46.4 Å². The van der Waals surface area contributed by atoms with E-state index in [4.69, 9.17) is 10.5 Å². The van der Waals surface area contributed by atoms with Gasteiger partial charge in [-0.15, -0.1) is 0 Å². The Morgan fingerprint density at radius 3 is 2.58 bits per heavy atom. The fraction of sp³-hybridized carbons (Fsp3) is 0.500. The van der Waals surface area contributed by atoms with Crippen molar-refractivity contribution in [2.24, 2.45) is 0 Å². The van der Waals surface area contributed by atoms with Crippen molar-refractivity contribution >= 4 is 17.7 Å². The molecular weight excluding hydrogens is 248 g/mol. The number of hydrogen-bond donors (Lipinski definition) is 1. The lowest BCUT2D eigenvalue weighted by molar-refractivity contribution is -0.135.